The lowest BCUT2D eigenvalue weighted by atomic mass is 9.79. The van der Waals surface area contributed by atoms with Crippen LogP contribution in [-0.2, 0) is 16.0 Å². The van der Waals surface area contributed by atoms with Crippen molar-refractivity contribution in [2.45, 2.75) is 83.8 Å². The molecule has 2 aromatic carbocycles. The van der Waals surface area contributed by atoms with Crippen molar-refractivity contribution in [2.75, 3.05) is 11.5 Å². The summed E-state index contributed by atoms with van der Waals surface area (Å²) in [5.74, 6) is -1.89. The number of esters is 1. The molecular weight excluding hydrogens is 518 g/mol. The number of carboxylic acids is 1. The Labute approximate surface area is 234 Å². The quantitative estimate of drug-likeness (QED) is 0.136. The number of carboxylic acid groups (broad SMARTS) is 1. The summed E-state index contributed by atoms with van der Waals surface area (Å²) < 4.78 is 40.2. The normalized spacial score (nSPS) is 18.4. The van der Waals surface area contributed by atoms with Crippen molar-refractivity contribution in [2.24, 2.45) is 11.8 Å². The zero-order chi connectivity index (χ0) is 29.3. The number of unbranched alkanes of at least 4 members (excludes halogenated alkanes) is 1. The van der Waals surface area contributed by atoms with E-state index in [0.29, 0.717) is 36.3 Å². The molecule has 40 heavy (non-hydrogen) atoms. The maximum atomic E-state index is 14.8. The molecule has 1 fully saturated rings. The second kappa shape index (κ2) is 14.1. The van der Waals surface area contributed by atoms with Crippen molar-refractivity contribution in [1.29, 1.82) is 0 Å². The second-order valence-corrected chi connectivity index (χ2v) is 10.5. The SMILES string of the molecule is CCCCC1CCC(C(F)(F)Oc2ccc(C=CC(=O)OC(CC)Cc3c(N)cc(C(=O)O)cc3N)cc2)CC1. The van der Waals surface area contributed by atoms with Gasteiger partial charge >= 0.3 is 18.0 Å². The minimum Gasteiger partial charge on any atom is -0.478 e. The van der Waals surface area contributed by atoms with Crippen molar-refractivity contribution in [1.82, 2.24) is 0 Å². The van der Waals surface area contributed by atoms with Crippen LogP contribution >= 0.6 is 0 Å². The fourth-order valence-corrected chi connectivity index (χ4v) is 5.11. The third kappa shape index (κ3) is 8.69. The Morgan fingerprint density at radius 2 is 1.70 bits per heavy atom. The van der Waals surface area contributed by atoms with Crippen LogP contribution in [0.3, 0.4) is 0 Å². The van der Waals surface area contributed by atoms with E-state index in [-0.39, 0.29) is 29.1 Å². The lowest BCUT2D eigenvalue weighted by Gasteiger charge is -2.33. The number of nitrogens with two attached hydrogens (primary N) is 2. The van der Waals surface area contributed by atoms with Gasteiger partial charge in [0, 0.05) is 29.4 Å². The highest BCUT2D eigenvalue weighted by Gasteiger charge is 2.43. The van der Waals surface area contributed by atoms with Gasteiger partial charge < -0.3 is 26.0 Å². The van der Waals surface area contributed by atoms with Crippen molar-refractivity contribution in [3.63, 3.8) is 0 Å². The van der Waals surface area contributed by atoms with Crippen LogP contribution in [-0.4, -0.2) is 29.3 Å². The summed E-state index contributed by atoms with van der Waals surface area (Å²) in [7, 11) is 0. The Hall–Kier alpha value is -3.62. The van der Waals surface area contributed by atoms with E-state index in [1.54, 1.807) is 12.1 Å². The number of hydrogen-bond acceptors (Lipinski definition) is 6. The number of hydrogen-bond donors (Lipinski definition) is 3. The van der Waals surface area contributed by atoms with Crippen LogP contribution in [0.15, 0.2) is 42.5 Å². The molecule has 0 heterocycles. The number of halogens is 2. The zero-order valence-corrected chi connectivity index (χ0v) is 23.2. The van der Waals surface area contributed by atoms with Crippen molar-refractivity contribution >= 4 is 29.4 Å². The number of rotatable bonds is 13. The first-order chi connectivity index (χ1) is 19.0. The standard InChI is InChI=1S/C31H40F2N2O5/c1-3-5-6-20-7-12-23(13-8-20)31(32,33)40-25-14-9-21(10-15-25)11-16-29(36)39-24(4-2)19-26-27(34)17-22(30(37)38)18-28(26)35/h9-11,14-18,20,23-24H,3-8,12-13,19,34-35H2,1-2H3,(H,37,38). The Kier molecular flexibility index (Phi) is 10.9. The van der Waals surface area contributed by atoms with Gasteiger partial charge in [-0.2, -0.15) is 8.78 Å². The molecule has 1 saturated carbocycles. The van der Waals surface area contributed by atoms with E-state index in [2.05, 4.69) is 6.92 Å². The van der Waals surface area contributed by atoms with E-state index < -0.39 is 30.1 Å². The lowest BCUT2D eigenvalue weighted by Crippen LogP contribution is -2.37. The summed E-state index contributed by atoms with van der Waals surface area (Å²) in [6.45, 7) is 3.98. The fourth-order valence-electron chi connectivity index (χ4n) is 5.11. The summed E-state index contributed by atoms with van der Waals surface area (Å²) in [5, 5.41) is 9.15. The van der Waals surface area contributed by atoms with E-state index in [4.69, 9.17) is 26.0 Å². The fraction of sp³-hybridized carbons (Fsp3) is 0.484. The minimum atomic E-state index is -3.23. The monoisotopic (exact) mass is 558 g/mol. The Morgan fingerprint density at radius 1 is 1.07 bits per heavy atom. The Bertz CT molecular complexity index is 1150. The van der Waals surface area contributed by atoms with Crippen LogP contribution in [0.5, 0.6) is 5.75 Å². The first-order valence-corrected chi connectivity index (χ1v) is 14.0. The number of alkyl halides is 2. The molecule has 0 aliphatic heterocycles. The molecule has 9 heteroatoms. The number of carbonyl (C=O) groups is 2. The van der Waals surface area contributed by atoms with Gasteiger partial charge in [-0.3, -0.25) is 0 Å². The highest BCUT2D eigenvalue weighted by molar-refractivity contribution is 5.91. The molecule has 2 aromatic rings. The molecule has 7 nitrogen and oxygen atoms in total. The number of anilines is 2. The van der Waals surface area contributed by atoms with E-state index in [1.165, 1.54) is 36.4 Å². The minimum absolute atomic E-state index is 0.0169. The third-order valence-electron chi connectivity index (χ3n) is 7.57. The Balaban J connectivity index is 1.52. The van der Waals surface area contributed by atoms with E-state index >= 15 is 0 Å². The highest BCUT2D eigenvalue weighted by Crippen LogP contribution is 2.41. The van der Waals surface area contributed by atoms with Crippen LogP contribution in [0, 0.1) is 11.8 Å². The number of nitrogen functional groups attached to an aromatic ring is 2. The van der Waals surface area contributed by atoms with Gasteiger partial charge in [0.15, 0.2) is 0 Å². The highest BCUT2D eigenvalue weighted by atomic mass is 19.3. The molecule has 1 aliphatic carbocycles. The molecule has 0 aromatic heterocycles. The van der Waals surface area contributed by atoms with Gasteiger partial charge in [-0.05, 0) is 73.9 Å². The van der Waals surface area contributed by atoms with Crippen LogP contribution in [0.1, 0.15) is 86.7 Å². The van der Waals surface area contributed by atoms with E-state index in [9.17, 15) is 18.4 Å². The molecule has 0 saturated heterocycles. The molecule has 218 valence electrons. The molecule has 0 spiro atoms. The molecular formula is C31H40F2N2O5. The smallest absolute Gasteiger partial charge is 0.400 e. The van der Waals surface area contributed by atoms with Crippen LogP contribution < -0.4 is 16.2 Å². The molecule has 0 bridgehead atoms. The first-order valence-electron chi connectivity index (χ1n) is 14.0. The van der Waals surface area contributed by atoms with Gasteiger partial charge in [0.25, 0.3) is 0 Å². The number of carbonyl (C=O) groups excluding carboxylic acids is 1. The zero-order valence-electron chi connectivity index (χ0n) is 23.2. The summed E-state index contributed by atoms with van der Waals surface area (Å²) in [6.07, 6.45) is 5.70. The first kappa shape index (κ1) is 30.9. The van der Waals surface area contributed by atoms with Gasteiger partial charge in [-0.15, -0.1) is 0 Å². The third-order valence-corrected chi connectivity index (χ3v) is 7.57. The topological polar surface area (TPSA) is 125 Å². The number of aromatic carboxylic acids is 1. The molecule has 3 rings (SSSR count). The summed E-state index contributed by atoms with van der Waals surface area (Å²) in [6, 6.07) is 8.77. The average molecular weight is 559 g/mol. The predicted molar refractivity (Wildman–Crippen MR) is 152 cm³/mol. The summed E-state index contributed by atoms with van der Waals surface area (Å²) >= 11 is 0. The average Bonchev–Trinajstić information content (AvgIpc) is 2.92. The van der Waals surface area contributed by atoms with Crippen LogP contribution in [0.4, 0.5) is 20.2 Å². The molecule has 5 N–H and O–H groups in total. The van der Waals surface area contributed by atoms with E-state index in [0.717, 1.165) is 32.1 Å². The van der Waals surface area contributed by atoms with Gasteiger partial charge in [-0.1, -0.05) is 45.2 Å². The second-order valence-electron chi connectivity index (χ2n) is 10.5. The maximum absolute atomic E-state index is 14.8. The van der Waals surface area contributed by atoms with Crippen molar-refractivity contribution in [3.8, 4) is 5.75 Å². The molecule has 0 amide bonds. The summed E-state index contributed by atoms with van der Waals surface area (Å²) in [5.41, 5.74) is 13.5. The van der Waals surface area contributed by atoms with Gasteiger partial charge in [0.05, 0.1) is 11.5 Å². The predicted octanol–water partition coefficient (Wildman–Crippen LogP) is 7.10. The van der Waals surface area contributed by atoms with Gasteiger partial charge in [-0.25, -0.2) is 9.59 Å². The Morgan fingerprint density at radius 3 is 2.25 bits per heavy atom. The lowest BCUT2D eigenvalue weighted by molar-refractivity contribution is -0.223. The van der Waals surface area contributed by atoms with Gasteiger partial charge in [0.2, 0.25) is 0 Å². The van der Waals surface area contributed by atoms with Gasteiger partial charge in [0.1, 0.15) is 11.9 Å². The number of ether oxygens (including phenoxy) is 2. The molecule has 0 radical (unpaired) electrons. The maximum Gasteiger partial charge on any atom is 0.400 e. The molecule has 1 unspecified atom stereocenters. The molecule has 1 atom stereocenters. The molecule has 1 aliphatic rings. The van der Waals surface area contributed by atoms with Crippen LogP contribution in [0.2, 0.25) is 0 Å². The van der Waals surface area contributed by atoms with Crippen LogP contribution in [0.25, 0.3) is 6.08 Å². The number of benzene rings is 2. The van der Waals surface area contributed by atoms with Crippen molar-refractivity contribution in [3.05, 3.63) is 59.2 Å². The van der Waals surface area contributed by atoms with Crippen molar-refractivity contribution < 1.29 is 33.0 Å². The van der Waals surface area contributed by atoms with E-state index in [1.807, 2.05) is 6.92 Å². The summed E-state index contributed by atoms with van der Waals surface area (Å²) in [4.78, 5) is 23.6. The largest absolute Gasteiger partial charge is 0.478 e.